The Kier molecular flexibility index (Phi) is 9.15. The molecule has 1 aromatic carbocycles. The van der Waals surface area contributed by atoms with E-state index in [1.165, 1.54) is 4.90 Å². The fourth-order valence-corrected chi connectivity index (χ4v) is 3.26. The monoisotopic (exact) mass is 511 g/mol. The highest BCUT2D eigenvalue weighted by molar-refractivity contribution is 5.85. The molecule has 1 atom stereocenters. The van der Waals surface area contributed by atoms with E-state index >= 15 is 0 Å². The lowest BCUT2D eigenvalue weighted by Gasteiger charge is -2.24. The molecule has 3 aromatic rings. The third kappa shape index (κ3) is 7.72. The van der Waals surface area contributed by atoms with E-state index in [4.69, 9.17) is 15.2 Å². The average Bonchev–Trinajstić information content (AvgIpc) is 3.30. The van der Waals surface area contributed by atoms with Gasteiger partial charge >= 0.3 is 6.09 Å². The molecule has 3 rings (SSSR count). The number of ether oxygens (including phenoxy) is 2. The van der Waals surface area contributed by atoms with Crippen LogP contribution in [0.25, 0.3) is 5.65 Å². The number of nitrogens with zero attached hydrogens (tertiary/aromatic N) is 4. The second-order valence-electron chi connectivity index (χ2n) is 9.24. The molecular formula is C25H33N7O5. The van der Waals surface area contributed by atoms with Crippen LogP contribution in [-0.4, -0.2) is 70.2 Å². The molecule has 0 aliphatic carbocycles. The maximum absolute atomic E-state index is 12.8. The van der Waals surface area contributed by atoms with Gasteiger partial charge in [-0.15, -0.1) is 10.2 Å². The summed E-state index contributed by atoms with van der Waals surface area (Å²) >= 11 is 0. The number of fused-ring (bicyclic) bond motifs is 1. The van der Waals surface area contributed by atoms with Crippen molar-refractivity contribution in [1.29, 1.82) is 0 Å². The Morgan fingerprint density at radius 2 is 1.78 bits per heavy atom. The second kappa shape index (κ2) is 12.3. The number of likely N-dealkylation sites (N-methyl/N-ethyl adjacent to an activating group) is 1. The standard InChI is InChI=1S/C25H33N7O5/c1-25(2,26)23(34)28-19(16-36-14-17-9-6-5-7-10-17)22-30-29-20-12-8-11-18(32(20)22)15-37-24(35)27-13-21(33)31(3)4/h5-12,19H,13-16,26H2,1-4H3,(H,27,35)(H,28,34)/t19-/m1/s1. The van der Waals surface area contributed by atoms with Gasteiger partial charge in [0.25, 0.3) is 0 Å². The Bertz CT molecular complexity index is 1220. The van der Waals surface area contributed by atoms with Gasteiger partial charge in [-0.2, -0.15) is 0 Å². The zero-order chi connectivity index (χ0) is 27.0. The van der Waals surface area contributed by atoms with Crippen LogP contribution in [0.4, 0.5) is 4.79 Å². The number of nitrogens with two attached hydrogens (primary N) is 1. The predicted molar refractivity (Wildman–Crippen MR) is 135 cm³/mol. The quantitative estimate of drug-likeness (QED) is 0.347. The fraction of sp³-hybridized carbons (Fsp3) is 0.400. The molecule has 4 N–H and O–H groups in total. The highest BCUT2D eigenvalue weighted by Crippen LogP contribution is 2.18. The molecule has 0 spiro atoms. The molecule has 0 radical (unpaired) electrons. The summed E-state index contributed by atoms with van der Waals surface area (Å²) in [5, 5.41) is 13.8. The molecule has 0 bridgehead atoms. The van der Waals surface area contributed by atoms with Gasteiger partial charge in [-0.3, -0.25) is 14.0 Å². The number of benzene rings is 1. The van der Waals surface area contributed by atoms with Crippen molar-refractivity contribution in [2.24, 2.45) is 5.73 Å². The Balaban J connectivity index is 1.80. The number of hydrogen-bond donors (Lipinski definition) is 3. The van der Waals surface area contributed by atoms with Crippen LogP contribution < -0.4 is 16.4 Å². The molecule has 0 unspecified atom stereocenters. The molecule has 0 aliphatic heterocycles. The summed E-state index contributed by atoms with van der Waals surface area (Å²) < 4.78 is 12.9. The normalized spacial score (nSPS) is 12.1. The van der Waals surface area contributed by atoms with Crippen molar-refractivity contribution in [3.63, 3.8) is 0 Å². The predicted octanol–water partition coefficient (Wildman–Crippen LogP) is 1.16. The smallest absolute Gasteiger partial charge is 0.407 e. The maximum atomic E-state index is 12.8. The van der Waals surface area contributed by atoms with Crippen LogP contribution >= 0.6 is 0 Å². The summed E-state index contributed by atoms with van der Waals surface area (Å²) in [7, 11) is 3.18. The number of rotatable bonds is 11. The molecule has 3 amide bonds. The second-order valence-corrected chi connectivity index (χ2v) is 9.24. The minimum absolute atomic E-state index is 0.0971. The molecule has 12 heteroatoms. The van der Waals surface area contributed by atoms with Crippen LogP contribution in [0.2, 0.25) is 0 Å². The first-order valence-electron chi connectivity index (χ1n) is 11.7. The van der Waals surface area contributed by atoms with Crippen LogP contribution in [0.15, 0.2) is 48.5 Å². The van der Waals surface area contributed by atoms with Crippen LogP contribution in [0.1, 0.15) is 37.0 Å². The lowest BCUT2D eigenvalue weighted by atomic mass is 10.1. The van der Waals surface area contributed by atoms with Gasteiger partial charge in [-0.1, -0.05) is 36.4 Å². The lowest BCUT2D eigenvalue weighted by molar-refractivity contribution is -0.128. The van der Waals surface area contributed by atoms with Crippen molar-refractivity contribution in [3.05, 3.63) is 65.6 Å². The van der Waals surface area contributed by atoms with Crippen LogP contribution in [0.5, 0.6) is 0 Å². The minimum atomic E-state index is -1.13. The Morgan fingerprint density at radius 3 is 2.46 bits per heavy atom. The number of nitrogens with one attached hydrogen (secondary N) is 2. The van der Waals surface area contributed by atoms with Gasteiger partial charge in [0, 0.05) is 14.1 Å². The summed E-state index contributed by atoms with van der Waals surface area (Å²) in [6.07, 6.45) is -0.747. The first kappa shape index (κ1) is 27.6. The molecule has 0 saturated heterocycles. The number of hydrogen-bond acceptors (Lipinski definition) is 8. The molecular weight excluding hydrogens is 478 g/mol. The average molecular weight is 512 g/mol. The zero-order valence-corrected chi connectivity index (χ0v) is 21.4. The van der Waals surface area contributed by atoms with Crippen molar-refractivity contribution < 1.29 is 23.9 Å². The fourth-order valence-electron chi connectivity index (χ4n) is 3.26. The third-order valence-electron chi connectivity index (χ3n) is 5.37. The number of alkyl carbamates (subject to hydrolysis) is 1. The summed E-state index contributed by atoms with van der Waals surface area (Å²) in [5.41, 5.74) is 6.90. The third-order valence-corrected chi connectivity index (χ3v) is 5.37. The number of carbonyl (C=O) groups excluding carboxylic acids is 3. The van der Waals surface area contributed by atoms with E-state index in [1.54, 1.807) is 50.5 Å². The van der Waals surface area contributed by atoms with Crippen LogP contribution in [0.3, 0.4) is 0 Å². The van der Waals surface area contributed by atoms with Gasteiger partial charge in [0.2, 0.25) is 11.8 Å². The van der Waals surface area contributed by atoms with Gasteiger partial charge in [-0.05, 0) is 31.5 Å². The van der Waals surface area contributed by atoms with Gasteiger partial charge in [0.15, 0.2) is 11.5 Å². The molecule has 0 aliphatic rings. The Labute approximate surface area is 215 Å². The largest absolute Gasteiger partial charge is 0.443 e. The Hall–Kier alpha value is -4.03. The van der Waals surface area contributed by atoms with Crippen molar-refractivity contribution in [1.82, 2.24) is 30.1 Å². The minimum Gasteiger partial charge on any atom is -0.443 e. The number of pyridine rings is 1. The molecule has 0 saturated carbocycles. The number of aromatic nitrogens is 3. The van der Waals surface area contributed by atoms with E-state index in [2.05, 4.69) is 20.8 Å². The Morgan fingerprint density at radius 1 is 1.05 bits per heavy atom. The summed E-state index contributed by atoms with van der Waals surface area (Å²) in [4.78, 5) is 37.9. The first-order valence-corrected chi connectivity index (χ1v) is 11.7. The molecule has 2 aromatic heterocycles. The highest BCUT2D eigenvalue weighted by Gasteiger charge is 2.28. The van der Waals surface area contributed by atoms with E-state index in [9.17, 15) is 14.4 Å². The molecule has 198 valence electrons. The highest BCUT2D eigenvalue weighted by atomic mass is 16.5. The summed E-state index contributed by atoms with van der Waals surface area (Å²) in [6.45, 7) is 3.32. The first-order chi connectivity index (χ1) is 17.6. The van der Waals surface area contributed by atoms with Crippen LogP contribution in [-0.2, 0) is 32.3 Å². The van der Waals surface area contributed by atoms with Crippen LogP contribution in [0, 0.1) is 0 Å². The SMILES string of the molecule is CN(C)C(=O)CNC(=O)OCc1cccc2nnc([C@@H](COCc3ccccc3)NC(=O)C(C)(C)N)n12. The molecule has 2 heterocycles. The van der Waals surface area contributed by atoms with Crippen molar-refractivity contribution in [3.8, 4) is 0 Å². The summed E-state index contributed by atoms with van der Waals surface area (Å²) in [5.74, 6) is -0.267. The van der Waals surface area contributed by atoms with E-state index in [0.717, 1.165) is 5.56 Å². The van der Waals surface area contributed by atoms with Gasteiger partial charge in [-0.25, -0.2) is 4.79 Å². The number of amides is 3. The van der Waals surface area contributed by atoms with Crippen molar-refractivity contribution in [2.45, 2.75) is 38.6 Å². The summed E-state index contributed by atoms with van der Waals surface area (Å²) in [6, 6.07) is 14.2. The zero-order valence-electron chi connectivity index (χ0n) is 21.4. The van der Waals surface area contributed by atoms with Gasteiger partial charge in [0.1, 0.15) is 19.2 Å². The molecule has 12 nitrogen and oxygen atoms in total. The van der Waals surface area contributed by atoms with E-state index < -0.39 is 23.6 Å². The van der Waals surface area contributed by atoms with E-state index in [1.807, 2.05) is 30.3 Å². The van der Waals surface area contributed by atoms with E-state index in [-0.39, 0.29) is 25.7 Å². The van der Waals surface area contributed by atoms with Gasteiger partial charge in [0.05, 0.1) is 24.4 Å². The number of carbonyl (C=O) groups is 3. The van der Waals surface area contributed by atoms with Gasteiger partial charge < -0.3 is 30.7 Å². The van der Waals surface area contributed by atoms with Crippen molar-refractivity contribution in [2.75, 3.05) is 27.2 Å². The van der Waals surface area contributed by atoms with Crippen molar-refractivity contribution >= 4 is 23.6 Å². The topological polar surface area (TPSA) is 153 Å². The molecule has 37 heavy (non-hydrogen) atoms. The van der Waals surface area contributed by atoms with E-state index in [0.29, 0.717) is 23.8 Å². The maximum Gasteiger partial charge on any atom is 0.407 e. The lowest BCUT2D eigenvalue weighted by Crippen LogP contribution is -2.51. The molecule has 0 fully saturated rings.